The Kier molecular flexibility index (Phi) is 4.67. The molecule has 0 aliphatic heterocycles. The topological polar surface area (TPSA) is 44.5 Å². The van der Waals surface area contributed by atoms with Gasteiger partial charge in [-0.05, 0) is 20.8 Å². The van der Waals surface area contributed by atoms with Crippen LogP contribution in [0.15, 0.2) is 0 Å². The van der Waals surface area contributed by atoms with Gasteiger partial charge in [0, 0.05) is 0 Å². The van der Waals surface area contributed by atoms with Crippen molar-refractivity contribution in [3.8, 4) is 0 Å². The number of hydrogen-bond donors (Lipinski definition) is 1. The van der Waals surface area contributed by atoms with E-state index in [4.69, 9.17) is 10.6 Å². The molecule has 0 saturated carbocycles. The van der Waals surface area contributed by atoms with Gasteiger partial charge in [-0.1, -0.05) is 0 Å². The Labute approximate surface area is 56.1 Å². The highest BCUT2D eigenvalue weighted by Crippen LogP contribution is 1.91. The Morgan fingerprint density at radius 3 is 2.22 bits per heavy atom. The van der Waals surface area contributed by atoms with Crippen molar-refractivity contribution in [2.75, 3.05) is 6.61 Å². The molecule has 9 heavy (non-hydrogen) atoms. The molecule has 1 unspecified atom stereocenters. The van der Waals surface area contributed by atoms with E-state index in [0.717, 1.165) is 0 Å². The van der Waals surface area contributed by atoms with E-state index in [1.54, 1.807) is 0 Å². The van der Waals surface area contributed by atoms with Crippen LogP contribution in [0.4, 0.5) is 0 Å². The van der Waals surface area contributed by atoms with Gasteiger partial charge >= 0.3 is 0 Å². The highest BCUT2D eigenvalue weighted by atomic mass is 16.6. The lowest BCUT2D eigenvalue weighted by atomic mass is 10.4. The number of rotatable bonds is 4. The van der Waals surface area contributed by atoms with Gasteiger partial charge in [0.2, 0.25) is 0 Å². The second kappa shape index (κ2) is 4.73. The molecule has 0 amide bonds. The van der Waals surface area contributed by atoms with Crippen molar-refractivity contribution in [1.82, 2.24) is 0 Å². The molecular weight excluding hydrogens is 118 g/mol. The molecule has 0 saturated heterocycles. The van der Waals surface area contributed by atoms with Gasteiger partial charge in [-0.25, -0.2) is 5.90 Å². The summed E-state index contributed by atoms with van der Waals surface area (Å²) in [5.41, 5.74) is 0. The fraction of sp³-hybridized carbons (Fsp3) is 1.00. The maximum absolute atomic E-state index is 5.19. The summed E-state index contributed by atoms with van der Waals surface area (Å²) in [5.74, 6) is 4.88. The lowest BCUT2D eigenvalue weighted by Gasteiger charge is -2.11. The molecule has 1 atom stereocenters. The Morgan fingerprint density at radius 2 is 1.89 bits per heavy atom. The highest BCUT2D eigenvalue weighted by Gasteiger charge is 2.00. The predicted octanol–water partition coefficient (Wildman–Crippen LogP) is 0.690. The molecule has 0 rings (SSSR count). The lowest BCUT2D eigenvalue weighted by molar-refractivity contribution is -0.0274. The normalized spacial score (nSPS) is 14.3. The molecule has 0 fully saturated rings. The Hall–Kier alpha value is -0.120. The second-order valence-electron chi connectivity index (χ2n) is 2.33. The third-order valence-corrected chi connectivity index (χ3v) is 0.897. The van der Waals surface area contributed by atoms with Crippen molar-refractivity contribution in [3.63, 3.8) is 0 Å². The molecule has 0 aromatic rings. The summed E-state index contributed by atoms with van der Waals surface area (Å²) < 4.78 is 5.19. The van der Waals surface area contributed by atoms with Crippen LogP contribution in [0, 0.1) is 0 Å². The number of nitrogens with two attached hydrogens (primary N) is 1. The molecule has 0 radical (unpaired) electrons. The zero-order valence-electron chi connectivity index (χ0n) is 6.26. The average molecular weight is 133 g/mol. The molecule has 3 heteroatoms. The summed E-state index contributed by atoms with van der Waals surface area (Å²) in [6, 6.07) is 0. The molecule has 0 spiro atoms. The minimum atomic E-state index is -0.00704. The van der Waals surface area contributed by atoms with Crippen molar-refractivity contribution < 1.29 is 9.57 Å². The number of hydrogen-bond acceptors (Lipinski definition) is 3. The van der Waals surface area contributed by atoms with E-state index in [1.165, 1.54) is 0 Å². The van der Waals surface area contributed by atoms with E-state index in [9.17, 15) is 0 Å². The SMILES string of the molecule is CC(C)OCC(C)ON. The van der Waals surface area contributed by atoms with E-state index in [2.05, 4.69) is 4.84 Å². The smallest absolute Gasteiger partial charge is 0.0992 e. The van der Waals surface area contributed by atoms with E-state index in [-0.39, 0.29) is 12.2 Å². The largest absolute Gasteiger partial charge is 0.376 e. The van der Waals surface area contributed by atoms with Gasteiger partial charge in [0.1, 0.15) is 0 Å². The van der Waals surface area contributed by atoms with Crippen molar-refractivity contribution in [2.24, 2.45) is 5.90 Å². The summed E-state index contributed by atoms with van der Waals surface area (Å²) in [7, 11) is 0. The summed E-state index contributed by atoms with van der Waals surface area (Å²) in [4.78, 5) is 4.48. The minimum absolute atomic E-state index is 0.00704. The van der Waals surface area contributed by atoms with Gasteiger partial charge in [0.05, 0.1) is 18.8 Å². The van der Waals surface area contributed by atoms with E-state index >= 15 is 0 Å². The van der Waals surface area contributed by atoms with Gasteiger partial charge in [0.15, 0.2) is 0 Å². The molecule has 0 bridgehead atoms. The Balaban J connectivity index is 3.06. The van der Waals surface area contributed by atoms with Crippen LogP contribution in [-0.2, 0) is 9.57 Å². The first-order valence-electron chi connectivity index (χ1n) is 3.14. The maximum atomic E-state index is 5.19. The van der Waals surface area contributed by atoms with Crippen molar-refractivity contribution in [1.29, 1.82) is 0 Å². The molecule has 0 aromatic carbocycles. The first-order chi connectivity index (χ1) is 4.16. The van der Waals surface area contributed by atoms with Crippen LogP contribution in [0.2, 0.25) is 0 Å². The molecular formula is C6H15NO2. The summed E-state index contributed by atoms with van der Waals surface area (Å²) >= 11 is 0. The van der Waals surface area contributed by atoms with Crippen LogP contribution >= 0.6 is 0 Å². The lowest BCUT2D eigenvalue weighted by Crippen LogP contribution is -2.21. The predicted molar refractivity (Wildman–Crippen MR) is 35.8 cm³/mol. The average Bonchev–Trinajstić information content (AvgIpc) is 1.83. The van der Waals surface area contributed by atoms with Gasteiger partial charge < -0.3 is 4.74 Å². The van der Waals surface area contributed by atoms with E-state index in [0.29, 0.717) is 6.61 Å². The van der Waals surface area contributed by atoms with Crippen LogP contribution < -0.4 is 5.90 Å². The van der Waals surface area contributed by atoms with Crippen molar-refractivity contribution >= 4 is 0 Å². The molecule has 56 valence electrons. The maximum Gasteiger partial charge on any atom is 0.0992 e. The van der Waals surface area contributed by atoms with Crippen LogP contribution in [0.5, 0.6) is 0 Å². The fourth-order valence-corrected chi connectivity index (χ4v) is 0.367. The van der Waals surface area contributed by atoms with Crippen LogP contribution in [0.3, 0.4) is 0 Å². The molecule has 0 aliphatic carbocycles. The van der Waals surface area contributed by atoms with Gasteiger partial charge in [-0.3, -0.25) is 4.84 Å². The summed E-state index contributed by atoms with van der Waals surface area (Å²) in [6.45, 7) is 6.38. The molecule has 2 N–H and O–H groups in total. The van der Waals surface area contributed by atoms with Crippen molar-refractivity contribution in [3.05, 3.63) is 0 Å². The van der Waals surface area contributed by atoms with E-state index in [1.807, 2.05) is 20.8 Å². The quantitative estimate of drug-likeness (QED) is 0.574. The molecule has 3 nitrogen and oxygen atoms in total. The van der Waals surface area contributed by atoms with E-state index < -0.39 is 0 Å². The first-order valence-corrected chi connectivity index (χ1v) is 3.14. The highest BCUT2D eigenvalue weighted by molar-refractivity contribution is 4.45. The number of ether oxygens (including phenoxy) is 1. The van der Waals surface area contributed by atoms with Crippen LogP contribution in [0.25, 0.3) is 0 Å². The zero-order chi connectivity index (χ0) is 7.28. The van der Waals surface area contributed by atoms with Gasteiger partial charge in [-0.2, -0.15) is 0 Å². The van der Waals surface area contributed by atoms with Crippen LogP contribution in [-0.4, -0.2) is 18.8 Å². The van der Waals surface area contributed by atoms with Gasteiger partial charge in [0.25, 0.3) is 0 Å². The third kappa shape index (κ3) is 5.76. The monoisotopic (exact) mass is 133 g/mol. The molecule has 0 aliphatic rings. The molecule has 0 heterocycles. The third-order valence-electron chi connectivity index (χ3n) is 0.897. The Bertz CT molecular complexity index is 66.1. The first kappa shape index (κ1) is 8.88. The summed E-state index contributed by atoms with van der Waals surface area (Å²) in [6.07, 6.45) is 0.245. The van der Waals surface area contributed by atoms with Crippen molar-refractivity contribution in [2.45, 2.75) is 33.0 Å². The zero-order valence-corrected chi connectivity index (χ0v) is 6.26. The minimum Gasteiger partial charge on any atom is -0.376 e. The van der Waals surface area contributed by atoms with Crippen LogP contribution in [0.1, 0.15) is 20.8 Å². The fourth-order valence-electron chi connectivity index (χ4n) is 0.367. The Morgan fingerprint density at radius 1 is 1.33 bits per heavy atom. The molecule has 0 aromatic heterocycles. The van der Waals surface area contributed by atoms with Gasteiger partial charge in [-0.15, -0.1) is 0 Å². The standard InChI is InChI=1S/C6H15NO2/c1-5(2)8-4-6(3)9-7/h5-6H,4,7H2,1-3H3. The summed E-state index contributed by atoms with van der Waals surface area (Å²) in [5, 5.41) is 0. The second-order valence-corrected chi connectivity index (χ2v) is 2.33.